The molecule has 0 bridgehead atoms. The Morgan fingerprint density at radius 3 is 2.59 bits per heavy atom. The van der Waals surface area contributed by atoms with Crippen LogP contribution in [0.25, 0.3) is 0 Å². The molecule has 0 aliphatic rings. The number of aromatic nitrogens is 4. The lowest BCUT2D eigenvalue weighted by molar-refractivity contribution is 0.103. The molecule has 7 heteroatoms. The van der Waals surface area contributed by atoms with Crippen molar-refractivity contribution in [3.05, 3.63) is 77.6 Å². The predicted molar refractivity (Wildman–Crippen MR) is 73.2 cm³/mol. The fraction of sp³-hybridized carbons (Fsp3) is 0.0667. The van der Waals surface area contributed by atoms with E-state index in [0.717, 1.165) is 12.1 Å². The number of hydrogen-bond acceptors (Lipinski definition) is 4. The zero-order chi connectivity index (χ0) is 15.5. The minimum absolute atomic E-state index is 0.232. The van der Waals surface area contributed by atoms with Crippen LogP contribution in [-0.2, 0) is 6.54 Å². The third-order valence-corrected chi connectivity index (χ3v) is 3.02. The Morgan fingerprint density at radius 2 is 1.86 bits per heavy atom. The van der Waals surface area contributed by atoms with Crippen molar-refractivity contribution in [2.75, 3.05) is 0 Å². The van der Waals surface area contributed by atoms with Gasteiger partial charge < -0.3 is 0 Å². The van der Waals surface area contributed by atoms with E-state index in [1.807, 2.05) is 0 Å². The summed E-state index contributed by atoms with van der Waals surface area (Å²) in [5.74, 6) is -2.11. The molecule has 2 heterocycles. The van der Waals surface area contributed by atoms with E-state index in [-0.39, 0.29) is 18.0 Å². The summed E-state index contributed by atoms with van der Waals surface area (Å²) in [5, 5.41) is 4.13. The Morgan fingerprint density at radius 1 is 1.09 bits per heavy atom. The molecule has 0 amide bonds. The van der Waals surface area contributed by atoms with Crippen LogP contribution in [-0.4, -0.2) is 25.5 Å². The second-order valence-electron chi connectivity index (χ2n) is 4.60. The standard InChI is InChI=1S/C15H10F2N4O/c16-12-2-1-10(5-13(12)17)8-21-4-3-14(20-21)15(22)11-6-18-9-19-7-11/h1-7,9H,8H2. The molecule has 0 saturated carbocycles. The van der Waals surface area contributed by atoms with Gasteiger partial charge in [0, 0.05) is 18.6 Å². The van der Waals surface area contributed by atoms with E-state index >= 15 is 0 Å². The first-order valence-electron chi connectivity index (χ1n) is 6.40. The molecule has 3 rings (SSSR count). The molecule has 0 radical (unpaired) electrons. The molecule has 0 N–H and O–H groups in total. The minimum Gasteiger partial charge on any atom is -0.287 e. The van der Waals surface area contributed by atoms with Crippen LogP contribution in [0.5, 0.6) is 0 Å². The van der Waals surface area contributed by atoms with Crippen molar-refractivity contribution in [3.63, 3.8) is 0 Å². The molecule has 0 saturated heterocycles. The number of ketones is 1. The molecule has 110 valence electrons. The molecule has 0 fully saturated rings. The largest absolute Gasteiger partial charge is 0.287 e. The van der Waals surface area contributed by atoms with Crippen molar-refractivity contribution in [2.45, 2.75) is 6.54 Å². The van der Waals surface area contributed by atoms with Crippen LogP contribution in [0.15, 0.2) is 49.2 Å². The molecule has 2 aromatic heterocycles. The highest BCUT2D eigenvalue weighted by Crippen LogP contribution is 2.11. The van der Waals surface area contributed by atoms with Crippen LogP contribution in [0.1, 0.15) is 21.6 Å². The van der Waals surface area contributed by atoms with Crippen LogP contribution in [0.4, 0.5) is 8.78 Å². The van der Waals surface area contributed by atoms with Crippen LogP contribution in [0.3, 0.4) is 0 Å². The summed E-state index contributed by atoms with van der Waals surface area (Å²) in [6.07, 6.45) is 5.74. The number of carbonyl (C=O) groups is 1. The Bertz CT molecular complexity index is 817. The van der Waals surface area contributed by atoms with Gasteiger partial charge >= 0.3 is 0 Å². The average Bonchev–Trinajstić information content (AvgIpc) is 2.99. The molecule has 0 unspecified atom stereocenters. The minimum atomic E-state index is -0.914. The first kappa shape index (κ1) is 14.0. The highest BCUT2D eigenvalue weighted by atomic mass is 19.2. The smallest absolute Gasteiger partial charge is 0.216 e. The van der Waals surface area contributed by atoms with Crippen molar-refractivity contribution < 1.29 is 13.6 Å². The summed E-state index contributed by atoms with van der Waals surface area (Å²) in [7, 11) is 0. The molecular weight excluding hydrogens is 290 g/mol. The van der Waals surface area contributed by atoms with Gasteiger partial charge in [-0.25, -0.2) is 18.7 Å². The summed E-state index contributed by atoms with van der Waals surface area (Å²) in [4.78, 5) is 19.7. The lowest BCUT2D eigenvalue weighted by atomic mass is 10.2. The van der Waals surface area contributed by atoms with Gasteiger partial charge in [0.25, 0.3) is 0 Å². The van der Waals surface area contributed by atoms with Crippen LogP contribution >= 0.6 is 0 Å². The zero-order valence-electron chi connectivity index (χ0n) is 11.3. The number of carbonyl (C=O) groups excluding carboxylic acids is 1. The topological polar surface area (TPSA) is 60.7 Å². The Kier molecular flexibility index (Phi) is 3.69. The van der Waals surface area contributed by atoms with E-state index in [9.17, 15) is 13.6 Å². The average molecular weight is 300 g/mol. The number of rotatable bonds is 4. The zero-order valence-corrected chi connectivity index (χ0v) is 11.3. The molecule has 0 atom stereocenters. The summed E-state index contributed by atoms with van der Waals surface area (Å²) < 4.78 is 27.5. The maximum Gasteiger partial charge on any atom is 0.216 e. The maximum absolute atomic E-state index is 13.2. The molecule has 3 aromatic rings. The van der Waals surface area contributed by atoms with E-state index in [4.69, 9.17) is 0 Å². The van der Waals surface area contributed by atoms with Gasteiger partial charge in [-0.3, -0.25) is 9.48 Å². The molecule has 1 aromatic carbocycles. The van der Waals surface area contributed by atoms with E-state index in [2.05, 4.69) is 15.1 Å². The van der Waals surface area contributed by atoms with Crippen LogP contribution in [0, 0.1) is 11.6 Å². The van der Waals surface area contributed by atoms with E-state index in [1.165, 1.54) is 29.5 Å². The van der Waals surface area contributed by atoms with Gasteiger partial charge in [-0.2, -0.15) is 5.10 Å². The number of benzene rings is 1. The first-order valence-corrected chi connectivity index (χ1v) is 6.40. The summed E-state index contributed by atoms with van der Waals surface area (Å²) in [6, 6.07) is 5.17. The van der Waals surface area contributed by atoms with Gasteiger partial charge in [-0.05, 0) is 23.8 Å². The normalized spacial score (nSPS) is 10.6. The first-order chi connectivity index (χ1) is 10.6. The van der Waals surface area contributed by atoms with Crippen LogP contribution < -0.4 is 0 Å². The van der Waals surface area contributed by atoms with Gasteiger partial charge in [-0.15, -0.1) is 0 Å². The van der Waals surface area contributed by atoms with E-state index in [1.54, 1.807) is 12.3 Å². The Labute approximate surface area is 124 Å². The maximum atomic E-state index is 13.2. The third kappa shape index (κ3) is 2.88. The van der Waals surface area contributed by atoms with Crippen molar-refractivity contribution in [3.8, 4) is 0 Å². The SMILES string of the molecule is O=C(c1cncnc1)c1ccn(Cc2ccc(F)c(F)c2)n1. The summed E-state index contributed by atoms with van der Waals surface area (Å²) in [5.41, 5.74) is 1.11. The molecular formula is C15H10F2N4O. The molecule has 0 aliphatic carbocycles. The van der Waals surface area contributed by atoms with Gasteiger partial charge in [-0.1, -0.05) is 6.07 Å². The van der Waals surface area contributed by atoms with E-state index in [0.29, 0.717) is 11.1 Å². The van der Waals surface area contributed by atoms with E-state index < -0.39 is 11.6 Å². The number of hydrogen-bond donors (Lipinski definition) is 0. The fourth-order valence-corrected chi connectivity index (χ4v) is 1.96. The van der Waals surface area contributed by atoms with Gasteiger partial charge in [0.15, 0.2) is 11.6 Å². The van der Waals surface area contributed by atoms with Crippen molar-refractivity contribution >= 4 is 5.78 Å². The number of nitrogens with zero attached hydrogens (tertiary/aromatic N) is 4. The highest BCUT2D eigenvalue weighted by molar-refractivity contribution is 6.07. The lowest BCUT2D eigenvalue weighted by Gasteiger charge is -2.02. The molecule has 22 heavy (non-hydrogen) atoms. The number of halogens is 2. The third-order valence-electron chi connectivity index (χ3n) is 3.02. The monoisotopic (exact) mass is 300 g/mol. The van der Waals surface area contributed by atoms with Gasteiger partial charge in [0.2, 0.25) is 5.78 Å². The Hall–Kier alpha value is -2.96. The molecule has 5 nitrogen and oxygen atoms in total. The Balaban J connectivity index is 1.79. The summed E-state index contributed by atoms with van der Waals surface area (Å²) in [6.45, 7) is 0.232. The lowest BCUT2D eigenvalue weighted by Crippen LogP contribution is -2.06. The predicted octanol–water partition coefficient (Wildman–Crippen LogP) is 2.23. The second-order valence-corrected chi connectivity index (χ2v) is 4.60. The van der Waals surface area contributed by atoms with Crippen molar-refractivity contribution in [1.29, 1.82) is 0 Å². The van der Waals surface area contributed by atoms with Crippen molar-refractivity contribution in [1.82, 2.24) is 19.7 Å². The van der Waals surface area contributed by atoms with Gasteiger partial charge in [0.1, 0.15) is 12.0 Å². The molecule has 0 aliphatic heterocycles. The molecule has 0 spiro atoms. The van der Waals surface area contributed by atoms with Gasteiger partial charge in [0.05, 0.1) is 12.1 Å². The quantitative estimate of drug-likeness (QED) is 0.693. The summed E-state index contributed by atoms with van der Waals surface area (Å²) >= 11 is 0. The highest BCUT2D eigenvalue weighted by Gasteiger charge is 2.13. The fourth-order valence-electron chi connectivity index (χ4n) is 1.96. The second kappa shape index (κ2) is 5.80. The van der Waals surface area contributed by atoms with Crippen LogP contribution in [0.2, 0.25) is 0 Å². The van der Waals surface area contributed by atoms with Crippen molar-refractivity contribution in [2.24, 2.45) is 0 Å².